The third-order valence-electron chi connectivity index (χ3n) is 3.51. The summed E-state index contributed by atoms with van der Waals surface area (Å²) in [5, 5.41) is 11.1. The van der Waals surface area contributed by atoms with E-state index in [4.69, 9.17) is 5.26 Å². The van der Waals surface area contributed by atoms with E-state index in [-0.39, 0.29) is 0 Å². The summed E-state index contributed by atoms with van der Waals surface area (Å²) >= 11 is 1.59. The van der Waals surface area contributed by atoms with Crippen molar-refractivity contribution >= 4 is 11.3 Å². The van der Waals surface area contributed by atoms with Gasteiger partial charge in [-0.15, -0.1) is 11.3 Å². The molecule has 1 rings (SSSR count). The third kappa shape index (κ3) is 5.23. The highest BCUT2D eigenvalue weighted by Crippen LogP contribution is 2.31. The molecule has 1 nitrogen and oxygen atoms in total. The summed E-state index contributed by atoms with van der Waals surface area (Å²) in [5.41, 5.74) is 1.40. The van der Waals surface area contributed by atoms with Crippen LogP contribution in [0.25, 0.3) is 0 Å². The Labute approximate surface area is 116 Å². The van der Waals surface area contributed by atoms with Gasteiger partial charge in [-0.25, -0.2) is 0 Å². The van der Waals surface area contributed by atoms with Crippen LogP contribution in [0.1, 0.15) is 81.6 Å². The minimum Gasteiger partial charge on any atom is -0.192 e. The Bertz CT molecular complexity index is 361. The Kier molecular flexibility index (Phi) is 7.76. The normalized spacial score (nSPS) is 12.3. The lowest BCUT2D eigenvalue weighted by Gasteiger charge is -2.15. The van der Waals surface area contributed by atoms with Crippen molar-refractivity contribution < 1.29 is 0 Å². The Hall–Kier alpha value is -0.810. The number of nitrogens with zero attached hydrogens (tertiary/aromatic N) is 1. The summed E-state index contributed by atoms with van der Waals surface area (Å²) < 4.78 is 0. The van der Waals surface area contributed by atoms with E-state index in [2.05, 4.69) is 31.4 Å². The van der Waals surface area contributed by atoms with E-state index in [0.717, 1.165) is 4.88 Å². The van der Waals surface area contributed by atoms with Gasteiger partial charge in [0, 0.05) is 0 Å². The van der Waals surface area contributed by atoms with E-state index in [1.165, 1.54) is 56.9 Å². The van der Waals surface area contributed by atoms with Gasteiger partial charge in [-0.3, -0.25) is 0 Å². The second-order valence-electron chi connectivity index (χ2n) is 5.04. The van der Waals surface area contributed by atoms with Crippen LogP contribution >= 0.6 is 11.3 Å². The summed E-state index contributed by atoms with van der Waals surface area (Å²) in [6.07, 6.45) is 10.5. The largest absolute Gasteiger partial charge is 0.192 e. The topological polar surface area (TPSA) is 23.8 Å². The molecule has 1 atom stereocenters. The van der Waals surface area contributed by atoms with E-state index in [1.807, 2.05) is 0 Å². The zero-order valence-electron chi connectivity index (χ0n) is 11.7. The summed E-state index contributed by atoms with van der Waals surface area (Å²) in [4.78, 5) is 0.861. The lowest BCUT2D eigenvalue weighted by molar-refractivity contribution is 0.510. The van der Waals surface area contributed by atoms with Crippen molar-refractivity contribution in [3.63, 3.8) is 0 Å². The first-order valence-electron chi connectivity index (χ1n) is 7.30. The van der Waals surface area contributed by atoms with E-state index in [9.17, 15) is 0 Å². The van der Waals surface area contributed by atoms with Gasteiger partial charge in [-0.05, 0) is 35.8 Å². The fraction of sp³-hybridized carbons (Fsp3) is 0.688. The molecule has 0 amide bonds. The number of hydrogen-bond acceptors (Lipinski definition) is 2. The van der Waals surface area contributed by atoms with Crippen molar-refractivity contribution in [2.75, 3.05) is 0 Å². The average molecular weight is 263 g/mol. The monoisotopic (exact) mass is 263 g/mol. The first kappa shape index (κ1) is 15.2. The molecule has 0 saturated carbocycles. The summed E-state index contributed by atoms with van der Waals surface area (Å²) in [5.74, 6) is 0.681. The van der Waals surface area contributed by atoms with Crippen molar-refractivity contribution in [3.05, 3.63) is 21.9 Å². The average Bonchev–Trinajstić information content (AvgIpc) is 2.86. The van der Waals surface area contributed by atoms with Gasteiger partial charge >= 0.3 is 0 Å². The van der Waals surface area contributed by atoms with Gasteiger partial charge in [-0.2, -0.15) is 5.26 Å². The van der Waals surface area contributed by atoms with Crippen LogP contribution in [0, 0.1) is 11.3 Å². The van der Waals surface area contributed by atoms with Gasteiger partial charge in [0.25, 0.3) is 0 Å². The molecule has 1 heterocycles. The Balaban J connectivity index is 2.51. The van der Waals surface area contributed by atoms with Crippen molar-refractivity contribution in [1.82, 2.24) is 0 Å². The highest BCUT2D eigenvalue weighted by atomic mass is 32.1. The first-order valence-corrected chi connectivity index (χ1v) is 8.18. The molecule has 0 aromatic carbocycles. The maximum absolute atomic E-state index is 8.92. The molecule has 0 aliphatic heterocycles. The number of nitriles is 1. The highest BCUT2D eigenvalue weighted by Gasteiger charge is 2.12. The fourth-order valence-electron chi connectivity index (χ4n) is 2.37. The third-order valence-corrected chi connectivity index (χ3v) is 4.37. The van der Waals surface area contributed by atoms with Crippen molar-refractivity contribution in [3.8, 4) is 6.07 Å². The summed E-state index contributed by atoms with van der Waals surface area (Å²) in [6, 6.07) is 4.36. The SMILES string of the molecule is CCCCCCC(CCCC)c1csc(C#N)c1. The molecule has 0 aliphatic carbocycles. The molecule has 100 valence electrons. The van der Waals surface area contributed by atoms with Gasteiger partial charge < -0.3 is 0 Å². The van der Waals surface area contributed by atoms with Crippen LogP contribution in [-0.4, -0.2) is 0 Å². The molecular formula is C16H25NS. The maximum atomic E-state index is 8.92. The van der Waals surface area contributed by atoms with Crippen LogP contribution in [0.15, 0.2) is 11.4 Å². The standard InChI is InChI=1S/C16H25NS/c1-3-5-7-8-10-14(9-6-4-2)15-11-16(12-17)18-13-15/h11,13-14H,3-10H2,1-2H3. The van der Waals surface area contributed by atoms with Crippen molar-refractivity contribution in [2.45, 2.75) is 71.1 Å². The van der Waals surface area contributed by atoms with Crippen molar-refractivity contribution in [2.24, 2.45) is 0 Å². The highest BCUT2D eigenvalue weighted by molar-refractivity contribution is 7.10. The van der Waals surface area contributed by atoms with Gasteiger partial charge in [0.2, 0.25) is 0 Å². The maximum Gasteiger partial charge on any atom is 0.110 e. The second kappa shape index (κ2) is 9.16. The molecule has 1 aromatic rings. The molecule has 18 heavy (non-hydrogen) atoms. The summed E-state index contributed by atoms with van der Waals surface area (Å²) in [7, 11) is 0. The molecule has 1 unspecified atom stereocenters. The van der Waals surface area contributed by atoms with E-state index < -0.39 is 0 Å². The Morgan fingerprint density at radius 1 is 1.11 bits per heavy atom. The molecule has 0 bridgehead atoms. The predicted octanol–water partition coefficient (Wildman–Crippen LogP) is 5.86. The van der Waals surface area contributed by atoms with Gasteiger partial charge in [0.05, 0.1) is 0 Å². The lowest BCUT2D eigenvalue weighted by Crippen LogP contribution is -1.98. The quantitative estimate of drug-likeness (QED) is 0.511. The minimum absolute atomic E-state index is 0.681. The number of thiophene rings is 1. The van der Waals surface area contributed by atoms with Gasteiger partial charge in [0.1, 0.15) is 10.9 Å². The zero-order chi connectivity index (χ0) is 13.2. The molecule has 0 N–H and O–H groups in total. The molecule has 0 saturated heterocycles. The van der Waals surface area contributed by atoms with Crippen molar-refractivity contribution in [1.29, 1.82) is 5.26 Å². The molecule has 0 radical (unpaired) electrons. The lowest BCUT2D eigenvalue weighted by atomic mass is 9.90. The molecule has 0 aliphatic rings. The molecule has 2 heteroatoms. The molecule has 0 fully saturated rings. The van der Waals surface area contributed by atoms with Crippen LogP contribution in [0.2, 0.25) is 0 Å². The van der Waals surface area contributed by atoms with Crippen LogP contribution in [-0.2, 0) is 0 Å². The van der Waals surface area contributed by atoms with Crippen LogP contribution in [0.5, 0.6) is 0 Å². The van der Waals surface area contributed by atoms with Crippen LogP contribution in [0.4, 0.5) is 0 Å². The van der Waals surface area contributed by atoms with Gasteiger partial charge in [-0.1, -0.05) is 52.4 Å². The summed E-state index contributed by atoms with van der Waals surface area (Å²) in [6.45, 7) is 4.51. The first-order chi connectivity index (χ1) is 8.81. The minimum atomic E-state index is 0.681. The second-order valence-corrected chi connectivity index (χ2v) is 5.96. The van der Waals surface area contributed by atoms with E-state index in [1.54, 1.807) is 11.3 Å². The zero-order valence-corrected chi connectivity index (χ0v) is 12.6. The number of rotatable bonds is 9. The van der Waals surface area contributed by atoms with Crippen LogP contribution < -0.4 is 0 Å². The molecule has 1 aromatic heterocycles. The fourth-order valence-corrected chi connectivity index (χ4v) is 3.15. The smallest absolute Gasteiger partial charge is 0.110 e. The van der Waals surface area contributed by atoms with Gasteiger partial charge in [0.15, 0.2) is 0 Å². The number of hydrogen-bond donors (Lipinski definition) is 0. The Morgan fingerprint density at radius 3 is 2.44 bits per heavy atom. The van der Waals surface area contributed by atoms with Crippen LogP contribution in [0.3, 0.4) is 0 Å². The Morgan fingerprint density at radius 2 is 1.83 bits per heavy atom. The van der Waals surface area contributed by atoms with E-state index >= 15 is 0 Å². The number of unbranched alkanes of at least 4 members (excludes halogenated alkanes) is 4. The molecule has 0 spiro atoms. The molecular weight excluding hydrogens is 238 g/mol. The predicted molar refractivity (Wildman–Crippen MR) is 80.1 cm³/mol. The van der Waals surface area contributed by atoms with E-state index in [0.29, 0.717) is 5.92 Å².